The van der Waals surface area contributed by atoms with E-state index >= 15 is 0 Å². The highest BCUT2D eigenvalue weighted by Crippen LogP contribution is 2.21. The zero-order valence-corrected chi connectivity index (χ0v) is 28.4. The molecular weight excluding hydrogens is 658 g/mol. The number of carbonyl (C=O) groups is 8. The Morgan fingerprint density at radius 1 is 0.880 bits per heavy atom. The number of nitrogens with two attached hydrogens (primary N) is 1. The van der Waals surface area contributed by atoms with Crippen LogP contribution in [0.3, 0.4) is 0 Å². The monoisotopic (exact) mass is 705 g/mol. The molecule has 6 amide bonds. The lowest BCUT2D eigenvalue weighted by Gasteiger charge is -2.30. The van der Waals surface area contributed by atoms with Gasteiger partial charge in [0.15, 0.2) is 0 Å². The summed E-state index contributed by atoms with van der Waals surface area (Å²) in [4.78, 5) is 101. The molecule has 0 unspecified atom stereocenters. The zero-order valence-electron chi connectivity index (χ0n) is 28.4. The third-order valence-corrected chi connectivity index (χ3v) is 8.28. The Bertz CT molecular complexity index is 1420. The van der Waals surface area contributed by atoms with Crippen LogP contribution in [-0.4, -0.2) is 117 Å². The first-order valence-corrected chi connectivity index (χ1v) is 16.2. The number of hydrogen-bond donors (Lipinski definition) is 9. The number of hydrogen-bond acceptors (Lipinski definition) is 10. The summed E-state index contributed by atoms with van der Waals surface area (Å²) in [7, 11) is 0. The minimum absolute atomic E-state index is 0.0265. The molecule has 1 aliphatic heterocycles. The van der Waals surface area contributed by atoms with E-state index in [1.54, 1.807) is 13.8 Å². The number of benzene rings is 1. The number of carboxylic acids is 2. The van der Waals surface area contributed by atoms with Crippen LogP contribution in [-0.2, 0) is 44.8 Å². The van der Waals surface area contributed by atoms with E-state index in [0.29, 0.717) is 18.4 Å². The molecule has 1 aliphatic rings. The molecule has 18 nitrogen and oxygen atoms in total. The van der Waals surface area contributed by atoms with E-state index in [9.17, 15) is 43.5 Å². The molecule has 0 spiro atoms. The topological polar surface area (TPSA) is 287 Å². The Hall–Kier alpha value is -5.26. The number of aromatic hydroxyl groups is 1. The van der Waals surface area contributed by atoms with Crippen molar-refractivity contribution < 1.29 is 53.7 Å². The SMILES string of the molecule is CC[C@H](C)[C@H](NC(=O)[C@H](C)NC(=O)[C@@H]1CCCN1C(=O)[C@H](Cc1ccc(O)cc1)NC(=O)CNC(=O)[C@@H](N)CC(=O)O)C(=O)N[C@@H](C)C(=O)O. The smallest absolute Gasteiger partial charge is 0.325 e. The fraction of sp³-hybridized carbons (Fsp3) is 0.562. The van der Waals surface area contributed by atoms with Crippen LogP contribution in [0.1, 0.15) is 58.9 Å². The van der Waals surface area contributed by atoms with Gasteiger partial charge < -0.3 is 52.5 Å². The molecule has 10 N–H and O–H groups in total. The summed E-state index contributed by atoms with van der Waals surface area (Å²) in [5.41, 5.74) is 6.08. The molecule has 1 saturated heterocycles. The zero-order chi connectivity index (χ0) is 37.7. The lowest BCUT2D eigenvalue weighted by Crippen LogP contribution is -2.59. The van der Waals surface area contributed by atoms with Gasteiger partial charge in [-0.1, -0.05) is 32.4 Å². The molecule has 18 heteroatoms. The standard InChI is InChI=1S/C32H47N7O11/c1-5-16(2)26(30(47)36-18(4)32(49)50)38-27(44)17(3)35-29(46)23-7-6-12-39(23)31(48)22(13-19-8-10-20(40)11-9-19)37-24(41)15-34-28(45)21(33)14-25(42)43/h8-11,16-18,21-23,26,40H,5-7,12-15,33H2,1-4H3,(H,34,45)(H,35,46)(H,36,47)(H,37,41)(H,38,44)(H,42,43)(H,49,50)/t16-,17-,18-,21-,22-,23-,26-/m0/s1. The van der Waals surface area contributed by atoms with E-state index in [1.165, 1.54) is 43.0 Å². The van der Waals surface area contributed by atoms with Crippen molar-refractivity contribution in [2.75, 3.05) is 13.1 Å². The third-order valence-electron chi connectivity index (χ3n) is 8.28. The maximum atomic E-state index is 13.9. The summed E-state index contributed by atoms with van der Waals surface area (Å²) >= 11 is 0. The van der Waals surface area contributed by atoms with Gasteiger partial charge in [0.05, 0.1) is 19.0 Å². The fourth-order valence-corrected chi connectivity index (χ4v) is 5.12. The molecule has 50 heavy (non-hydrogen) atoms. The Morgan fingerprint density at radius 3 is 2.10 bits per heavy atom. The van der Waals surface area contributed by atoms with Crippen LogP contribution in [0.2, 0.25) is 0 Å². The second-order valence-electron chi connectivity index (χ2n) is 12.3. The van der Waals surface area contributed by atoms with Crippen LogP contribution in [0.15, 0.2) is 24.3 Å². The Kier molecular flexibility index (Phi) is 15.6. The van der Waals surface area contributed by atoms with Crippen LogP contribution in [0, 0.1) is 5.92 Å². The predicted molar refractivity (Wildman–Crippen MR) is 176 cm³/mol. The molecule has 1 heterocycles. The van der Waals surface area contributed by atoms with Crippen LogP contribution >= 0.6 is 0 Å². The number of nitrogens with zero attached hydrogens (tertiary/aromatic N) is 1. The van der Waals surface area contributed by atoms with Gasteiger partial charge in [-0.2, -0.15) is 0 Å². The number of carboxylic acid groups (broad SMARTS) is 2. The molecule has 0 bridgehead atoms. The van der Waals surface area contributed by atoms with Gasteiger partial charge >= 0.3 is 11.9 Å². The summed E-state index contributed by atoms with van der Waals surface area (Å²) in [6.45, 7) is 5.71. The maximum absolute atomic E-state index is 13.9. The fourth-order valence-electron chi connectivity index (χ4n) is 5.12. The number of phenolic OH excluding ortho intramolecular Hbond substituents is 1. The van der Waals surface area contributed by atoms with Crippen molar-refractivity contribution >= 4 is 47.4 Å². The van der Waals surface area contributed by atoms with Crippen molar-refractivity contribution in [1.82, 2.24) is 31.5 Å². The summed E-state index contributed by atoms with van der Waals surface area (Å²) in [6, 6.07) is -1.22. The maximum Gasteiger partial charge on any atom is 0.325 e. The summed E-state index contributed by atoms with van der Waals surface area (Å²) < 4.78 is 0. The van der Waals surface area contributed by atoms with Gasteiger partial charge in [-0.15, -0.1) is 0 Å². The van der Waals surface area contributed by atoms with Crippen molar-refractivity contribution in [3.05, 3.63) is 29.8 Å². The normalized spacial score (nSPS) is 17.5. The molecule has 1 fully saturated rings. The van der Waals surface area contributed by atoms with Gasteiger partial charge in [-0.25, -0.2) is 0 Å². The average molecular weight is 706 g/mol. The average Bonchev–Trinajstić information content (AvgIpc) is 3.55. The van der Waals surface area contributed by atoms with Gasteiger partial charge in [0, 0.05) is 13.0 Å². The van der Waals surface area contributed by atoms with Crippen LogP contribution in [0.5, 0.6) is 5.75 Å². The largest absolute Gasteiger partial charge is 0.508 e. The van der Waals surface area contributed by atoms with Gasteiger partial charge in [-0.3, -0.25) is 38.4 Å². The number of amides is 6. The highest BCUT2D eigenvalue weighted by molar-refractivity contribution is 5.97. The molecule has 0 radical (unpaired) electrons. The van der Waals surface area contributed by atoms with E-state index < -0.39 is 96.6 Å². The van der Waals surface area contributed by atoms with Crippen molar-refractivity contribution in [3.8, 4) is 5.75 Å². The third kappa shape index (κ3) is 12.3. The van der Waals surface area contributed by atoms with E-state index in [4.69, 9.17) is 15.9 Å². The quantitative estimate of drug-likeness (QED) is 0.0798. The van der Waals surface area contributed by atoms with Gasteiger partial charge in [0.1, 0.15) is 36.0 Å². The van der Waals surface area contributed by atoms with E-state index in [0.717, 1.165) is 0 Å². The molecular formula is C32H47N7O11. The minimum Gasteiger partial charge on any atom is -0.508 e. The number of likely N-dealkylation sites (tertiary alicyclic amines) is 1. The first-order valence-electron chi connectivity index (χ1n) is 16.2. The first-order chi connectivity index (χ1) is 23.4. The number of aliphatic carboxylic acids is 2. The number of rotatable bonds is 18. The first kappa shape index (κ1) is 40.9. The summed E-state index contributed by atoms with van der Waals surface area (Å²) in [5.74, 6) is -7.32. The van der Waals surface area contributed by atoms with Gasteiger partial charge in [0.25, 0.3) is 0 Å². The highest BCUT2D eigenvalue weighted by atomic mass is 16.4. The Morgan fingerprint density at radius 2 is 1.52 bits per heavy atom. The van der Waals surface area contributed by atoms with Crippen LogP contribution < -0.4 is 32.3 Å². The molecule has 1 aromatic carbocycles. The molecule has 0 aliphatic carbocycles. The molecule has 1 aromatic rings. The van der Waals surface area contributed by atoms with E-state index in [1.807, 2.05) is 0 Å². The molecule has 7 atom stereocenters. The Labute approximate surface area is 288 Å². The second-order valence-corrected chi connectivity index (χ2v) is 12.3. The Balaban J connectivity index is 2.16. The van der Waals surface area contributed by atoms with Crippen molar-refractivity contribution in [3.63, 3.8) is 0 Å². The predicted octanol–water partition coefficient (Wildman–Crippen LogP) is -2.05. The number of phenols is 1. The second kappa shape index (κ2) is 19.1. The number of nitrogens with one attached hydrogen (secondary N) is 5. The highest BCUT2D eigenvalue weighted by Gasteiger charge is 2.39. The van der Waals surface area contributed by atoms with Crippen molar-refractivity contribution in [2.45, 2.75) is 96.1 Å². The molecule has 2 rings (SSSR count). The van der Waals surface area contributed by atoms with Gasteiger partial charge in [-0.05, 0) is 50.3 Å². The number of carbonyl (C=O) groups excluding carboxylic acids is 6. The lowest BCUT2D eigenvalue weighted by atomic mass is 9.97. The van der Waals surface area contributed by atoms with E-state index in [2.05, 4.69) is 26.6 Å². The summed E-state index contributed by atoms with van der Waals surface area (Å²) in [6.07, 6.45) is 0.439. The minimum atomic E-state index is -1.40. The molecule has 0 aromatic heterocycles. The lowest BCUT2D eigenvalue weighted by molar-refractivity contribution is -0.142. The van der Waals surface area contributed by atoms with E-state index in [-0.39, 0.29) is 31.1 Å². The molecule has 0 saturated carbocycles. The van der Waals surface area contributed by atoms with Crippen molar-refractivity contribution in [2.24, 2.45) is 11.7 Å². The van der Waals surface area contributed by atoms with Crippen LogP contribution in [0.25, 0.3) is 0 Å². The van der Waals surface area contributed by atoms with Crippen LogP contribution in [0.4, 0.5) is 0 Å². The summed E-state index contributed by atoms with van der Waals surface area (Å²) in [5, 5.41) is 39.9. The van der Waals surface area contributed by atoms with Crippen molar-refractivity contribution in [1.29, 1.82) is 0 Å². The molecule has 276 valence electrons. The van der Waals surface area contributed by atoms with Gasteiger partial charge in [0.2, 0.25) is 35.4 Å².